The topological polar surface area (TPSA) is 68.8 Å². The van der Waals surface area contributed by atoms with Crippen molar-refractivity contribution < 1.29 is 9.59 Å². The molecule has 24 heavy (non-hydrogen) atoms. The molecule has 1 atom stereocenters. The van der Waals surface area contributed by atoms with Crippen LogP contribution in [0.5, 0.6) is 0 Å². The minimum atomic E-state index is -0.207. The molecule has 3 amide bonds. The molecule has 2 fully saturated rings. The first kappa shape index (κ1) is 16.7. The number of rotatable bonds is 2. The fraction of sp³-hybridized carbons (Fsp3) is 0.588. The maximum atomic E-state index is 12.5. The Bertz CT molecular complexity index is 606. The summed E-state index contributed by atoms with van der Waals surface area (Å²) in [6.45, 7) is 4.31. The summed E-state index contributed by atoms with van der Waals surface area (Å²) in [4.78, 5) is 34.3. The molecule has 2 aliphatic heterocycles. The van der Waals surface area contributed by atoms with Gasteiger partial charge in [-0.1, -0.05) is 6.07 Å². The zero-order valence-corrected chi connectivity index (χ0v) is 14.4. The van der Waals surface area contributed by atoms with Crippen molar-refractivity contribution in [1.82, 2.24) is 25.0 Å². The highest BCUT2D eigenvalue weighted by Crippen LogP contribution is 2.31. The Morgan fingerprint density at radius 3 is 2.83 bits per heavy atom. The number of carbonyl (C=O) groups is 2. The highest BCUT2D eigenvalue weighted by Gasteiger charge is 2.44. The Labute approximate surface area is 142 Å². The summed E-state index contributed by atoms with van der Waals surface area (Å²) in [5.41, 5.74) is 0.943. The zero-order valence-electron chi connectivity index (χ0n) is 14.4. The Morgan fingerprint density at radius 2 is 2.21 bits per heavy atom. The van der Waals surface area contributed by atoms with E-state index < -0.39 is 0 Å². The second-order valence-electron chi connectivity index (χ2n) is 7.12. The van der Waals surface area contributed by atoms with Gasteiger partial charge in [0.05, 0.1) is 0 Å². The van der Waals surface area contributed by atoms with Crippen LogP contribution >= 0.6 is 0 Å². The van der Waals surface area contributed by atoms with Crippen LogP contribution in [0, 0.1) is 5.41 Å². The lowest BCUT2D eigenvalue weighted by atomic mass is 9.86. The molecular weight excluding hydrogens is 306 g/mol. The zero-order chi connectivity index (χ0) is 17.2. The molecule has 2 aliphatic rings. The van der Waals surface area contributed by atoms with Gasteiger partial charge in [0.15, 0.2) is 0 Å². The van der Waals surface area contributed by atoms with E-state index in [1.165, 1.54) is 0 Å². The van der Waals surface area contributed by atoms with Crippen molar-refractivity contribution in [2.24, 2.45) is 5.41 Å². The third-order valence-corrected chi connectivity index (χ3v) is 4.75. The molecule has 0 unspecified atom stereocenters. The predicted molar refractivity (Wildman–Crippen MR) is 90.2 cm³/mol. The molecule has 7 heteroatoms. The van der Waals surface area contributed by atoms with E-state index >= 15 is 0 Å². The third kappa shape index (κ3) is 3.67. The van der Waals surface area contributed by atoms with Gasteiger partial charge in [0.25, 0.3) is 0 Å². The van der Waals surface area contributed by atoms with Crippen molar-refractivity contribution in [2.45, 2.75) is 13.0 Å². The highest BCUT2D eigenvalue weighted by molar-refractivity contribution is 5.80. The highest BCUT2D eigenvalue weighted by atomic mass is 16.2. The summed E-state index contributed by atoms with van der Waals surface area (Å²) in [5, 5.41) is 2.95. The van der Waals surface area contributed by atoms with Gasteiger partial charge < -0.3 is 15.1 Å². The molecule has 1 aromatic rings. The summed E-state index contributed by atoms with van der Waals surface area (Å²) in [6, 6.07) is 4.01. The number of hydrogen-bond acceptors (Lipinski definition) is 4. The summed E-state index contributed by atoms with van der Waals surface area (Å²) in [6.07, 6.45) is 4.12. The van der Waals surface area contributed by atoms with Crippen LogP contribution in [0.15, 0.2) is 24.5 Å². The molecule has 1 aromatic heterocycles. The van der Waals surface area contributed by atoms with Gasteiger partial charge in [-0.3, -0.25) is 14.7 Å². The first-order chi connectivity index (χ1) is 11.5. The SMILES string of the molecule is CN(C)C(=O)N1CCN(Cc2cccnc2)C[C@@]2(CNC(=O)C2)C1. The third-order valence-electron chi connectivity index (χ3n) is 4.75. The largest absolute Gasteiger partial charge is 0.355 e. The average Bonchev–Trinajstić information content (AvgIpc) is 2.81. The van der Waals surface area contributed by atoms with Crippen LogP contribution in [-0.4, -0.2) is 78.4 Å². The van der Waals surface area contributed by atoms with Crippen molar-refractivity contribution in [1.29, 1.82) is 0 Å². The van der Waals surface area contributed by atoms with Gasteiger partial charge in [0, 0.05) is 77.6 Å². The average molecular weight is 331 g/mol. The van der Waals surface area contributed by atoms with E-state index in [9.17, 15) is 9.59 Å². The number of pyridine rings is 1. The van der Waals surface area contributed by atoms with Gasteiger partial charge in [0.1, 0.15) is 0 Å². The number of hydrogen-bond donors (Lipinski definition) is 1. The van der Waals surface area contributed by atoms with Crippen LogP contribution < -0.4 is 5.32 Å². The first-order valence-electron chi connectivity index (χ1n) is 8.32. The Morgan fingerprint density at radius 1 is 1.38 bits per heavy atom. The van der Waals surface area contributed by atoms with Crippen LogP contribution in [0.1, 0.15) is 12.0 Å². The normalized spacial score (nSPS) is 24.8. The van der Waals surface area contributed by atoms with Crippen molar-refractivity contribution in [3.05, 3.63) is 30.1 Å². The summed E-state index contributed by atoms with van der Waals surface area (Å²) in [7, 11) is 3.54. The monoisotopic (exact) mass is 331 g/mol. The molecule has 0 aliphatic carbocycles. The van der Waals surface area contributed by atoms with Crippen LogP contribution in [0.25, 0.3) is 0 Å². The maximum Gasteiger partial charge on any atom is 0.319 e. The second-order valence-corrected chi connectivity index (χ2v) is 7.12. The van der Waals surface area contributed by atoms with Crippen LogP contribution in [0.3, 0.4) is 0 Å². The summed E-state index contributed by atoms with van der Waals surface area (Å²) < 4.78 is 0. The number of urea groups is 1. The van der Waals surface area contributed by atoms with E-state index in [0.717, 1.165) is 25.2 Å². The smallest absolute Gasteiger partial charge is 0.319 e. The molecule has 0 aromatic carbocycles. The van der Waals surface area contributed by atoms with Gasteiger partial charge in [-0.25, -0.2) is 4.79 Å². The number of nitrogens with one attached hydrogen (secondary N) is 1. The molecule has 3 rings (SSSR count). The Kier molecular flexibility index (Phi) is 4.71. The quantitative estimate of drug-likeness (QED) is 0.851. The minimum absolute atomic E-state index is 0.0111. The molecule has 0 radical (unpaired) electrons. The molecule has 7 nitrogen and oxygen atoms in total. The van der Waals surface area contributed by atoms with Gasteiger partial charge in [-0.2, -0.15) is 0 Å². The molecule has 0 bridgehead atoms. The van der Waals surface area contributed by atoms with Gasteiger partial charge >= 0.3 is 6.03 Å². The number of aromatic nitrogens is 1. The summed E-state index contributed by atoms with van der Waals surface area (Å²) >= 11 is 0. The molecular formula is C17H25N5O2. The lowest BCUT2D eigenvalue weighted by molar-refractivity contribution is -0.119. The van der Waals surface area contributed by atoms with Crippen molar-refractivity contribution >= 4 is 11.9 Å². The lowest BCUT2D eigenvalue weighted by Gasteiger charge is -2.33. The van der Waals surface area contributed by atoms with Crippen LogP contribution in [0.2, 0.25) is 0 Å². The molecule has 3 heterocycles. The Hall–Kier alpha value is -2.15. The van der Waals surface area contributed by atoms with Gasteiger partial charge in [0.2, 0.25) is 5.91 Å². The van der Waals surface area contributed by atoms with Crippen molar-refractivity contribution in [3.8, 4) is 0 Å². The number of carbonyl (C=O) groups excluding carboxylic acids is 2. The van der Waals surface area contributed by atoms with E-state index in [2.05, 4.69) is 21.3 Å². The molecule has 0 saturated carbocycles. The van der Waals surface area contributed by atoms with E-state index in [-0.39, 0.29) is 17.4 Å². The van der Waals surface area contributed by atoms with Gasteiger partial charge in [-0.15, -0.1) is 0 Å². The van der Waals surface area contributed by atoms with Gasteiger partial charge in [-0.05, 0) is 11.6 Å². The second kappa shape index (κ2) is 6.76. The standard InChI is InChI=1S/C17H25N5O2/c1-20(2)16(24)22-7-6-21(10-14-4-3-5-18-9-14)12-17(13-22)8-15(23)19-11-17/h3-5,9H,6-8,10-13H2,1-2H3,(H,19,23)/t17-/m1/s1. The first-order valence-corrected chi connectivity index (χ1v) is 8.32. The van der Waals surface area contributed by atoms with Crippen LogP contribution in [-0.2, 0) is 11.3 Å². The predicted octanol–water partition coefficient (Wildman–Crippen LogP) is 0.387. The van der Waals surface area contributed by atoms with E-state index in [4.69, 9.17) is 0 Å². The fourth-order valence-corrected chi connectivity index (χ4v) is 3.66. The molecule has 1 spiro atoms. The molecule has 2 saturated heterocycles. The van der Waals surface area contributed by atoms with E-state index in [0.29, 0.717) is 26.1 Å². The number of amides is 3. The number of nitrogens with zero attached hydrogens (tertiary/aromatic N) is 4. The molecule has 130 valence electrons. The summed E-state index contributed by atoms with van der Waals surface area (Å²) in [5.74, 6) is 0.0791. The minimum Gasteiger partial charge on any atom is -0.355 e. The van der Waals surface area contributed by atoms with E-state index in [1.54, 1.807) is 25.2 Å². The molecule has 1 N–H and O–H groups in total. The van der Waals surface area contributed by atoms with Crippen LogP contribution in [0.4, 0.5) is 4.79 Å². The van der Waals surface area contributed by atoms with E-state index in [1.807, 2.05) is 17.2 Å². The van der Waals surface area contributed by atoms with Crippen molar-refractivity contribution in [3.63, 3.8) is 0 Å². The lowest BCUT2D eigenvalue weighted by Crippen LogP contribution is -2.47. The van der Waals surface area contributed by atoms with Crippen molar-refractivity contribution in [2.75, 3.05) is 46.8 Å². The maximum absolute atomic E-state index is 12.5. The Balaban J connectivity index is 1.78. The fourth-order valence-electron chi connectivity index (χ4n) is 3.66.